The van der Waals surface area contributed by atoms with Crippen LogP contribution in [0.5, 0.6) is 0 Å². The third-order valence-corrected chi connectivity index (χ3v) is 5.68. The van der Waals surface area contributed by atoms with Crippen LogP contribution >= 0.6 is 15.9 Å². The molecule has 2 aromatic rings. The van der Waals surface area contributed by atoms with Gasteiger partial charge in [-0.2, -0.15) is 4.98 Å². The van der Waals surface area contributed by atoms with Crippen molar-refractivity contribution in [2.24, 2.45) is 0 Å². The van der Waals surface area contributed by atoms with E-state index >= 15 is 0 Å². The minimum Gasteiger partial charge on any atom is -0.388 e. The number of aliphatic hydroxyl groups is 1. The molecule has 1 aromatic carbocycles. The van der Waals surface area contributed by atoms with Crippen LogP contribution in [0.25, 0.3) is 0 Å². The molecule has 0 radical (unpaired) electrons. The highest BCUT2D eigenvalue weighted by molar-refractivity contribution is 9.10. The zero-order chi connectivity index (χ0) is 18.9. The Balaban J connectivity index is 1.46. The van der Waals surface area contributed by atoms with E-state index in [-0.39, 0.29) is 5.91 Å². The van der Waals surface area contributed by atoms with Crippen LogP contribution in [0, 0.1) is 0 Å². The third-order valence-electron chi connectivity index (χ3n) is 5.10. The van der Waals surface area contributed by atoms with Gasteiger partial charge in [0.15, 0.2) is 0 Å². The lowest BCUT2D eigenvalue weighted by molar-refractivity contribution is -0.115. The van der Waals surface area contributed by atoms with Crippen molar-refractivity contribution in [3.8, 4) is 0 Å². The van der Waals surface area contributed by atoms with Gasteiger partial charge in [0.1, 0.15) is 5.82 Å². The second-order valence-electron chi connectivity index (χ2n) is 7.25. The topological polar surface area (TPSA) is 99.2 Å². The minimum atomic E-state index is -0.671. The number of hydrogen-bond acceptors (Lipinski definition) is 6. The van der Waals surface area contributed by atoms with Crippen molar-refractivity contribution < 1.29 is 9.90 Å². The first-order valence-electron chi connectivity index (χ1n) is 9.19. The lowest BCUT2D eigenvalue weighted by Gasteiger charge is -2.32. The normalized spacial score (nSPS) is 17.9. The van der Waals surface area contributed by atoms with Gasteiger partial charge < -0.3 is 21.1 Å². The summed E-state index contributed by atoms with van der Waals surface area (Å²) in [5, 5.41) is 19.9. The second kappa shape index (κ2) is 7.44. The van der Waals surface area contributed by atoms with E-state index in [9.17, 15) is 9.90 Å². The molecule has 7 nitrogen and oxygen atoms in total. The molecule has 0 saturated heterocycles. The van der Waals surface area contributed by atoms with Gasteiger partial charge in [-0.1, -0.05) is 19.3 Å². The average molecular weight is 432 g/mol. The summed E-state index contributed by atoms with van der Waals surface area (Å²) in [6.07, 6.45) is 7.01. The molecule has 8 heteroatoms. The highest BCUT2D eigenvalue weighted by Crippen LogP contribution is 2.30. The number of fused-ring (bicyclic) bond motifs is 1. The maximum atomic E-state index is 11.5. The van der Waals surface area contributed by atoms with Crippen LogP contribution in [0.4, 0.5) is 23.1 Å². The van der Waals surface area contributed by atoms with E-state index < -0.39 is 5.60 Å². The van der Waals surface area contributed by atoms with Crippen molar-refractivity contribution in [3.63, 3.8) is 0 Å². The molecule has 1 aliphatic carbocycles. The van der Waals surface area contributed by atoms with E-state index in [0.29, 0.717) is 24.7 Å². The second-order valence-corrected chi connectivity index (χ2v) is 8.10. The number of carbonyl (C=O) groups is 1. The summed E-state index contributed by atoms with van der Waals surface area (Å²) >= 11 is 3.46. The first kappa shape index (κ1) is 18.2. The maximum Gasteiger partial charge on any atom is 0.229 e. The predicted octanol–water partition coefficient (Wildman–Crippen LogP) is 3.58. The third kappa shape index (κ3) is 4.22. The van der Waals surface area contributed by atoms with Crippen molar-refractivity contribution in [2.75, 3.05) is 22.5 Å². The molecule has 142 valence electrons. The van der Waals surface area contributed by atoms with Gasteiger partial charge in [0, 0.05) is 24.1 Å². The molecule has 4 rings (SSSR count). The van der Waals surface area contributed by atoms with Crippen LogP contribution in [0.1, 0.15) is 37.7 Å². The number of nitrogens with zero attached hydrogens (tertiary/aromatic N) is 2. The molecule has 1 saturated carbocycles. The maximum absolute atomic E-state index is 11.5. The molecular formula is C19H22BrN5O2. The SMILES string of the molecule is O=C1Cc2cc(Nc3ncc(Br)c(NCC4(O)CCCCC4)n3)ccc2N1. The summed E-state index contributed by atoms with van der Waals surface area (Å²) in [6, 6.07) is 5.68. The number of halogens is 1. The summed E-state index contributed by atoms with van der Waals surface area (Å²) in [4.78, 5) is 20.3. The summed E-state index contributed by atoms with van der Waals surface area (Å²) in [5.74, 6) is 1.10. The van der Waals surface area contributed by atoms with Crippen LogP contribution in [-0.4, -0.2) is 33.1 Å². The van der Waals surface area contributed by atoms with Gasteiger partial charge in [0.25, 0.3) is 0 Å². The molecule has 1 amide bonds. The van der Waals surface area contributed by atoms with Crippen molar-refractivity contribution >= 4 is 45.0 Å². The number of benzene rings is 1. The van der Waals surface area contributed by atoms with Gasteiger partial charge in [0.2, 0.25) is 11.9 Å². The van der Waals surface area contributed by atoms with Crippen molar-refractivity contribution in [3.05, 3.63) is 34.4 Å². The number of rotatable bonds is 5. The molecule has 1 fully saturated rings. The Kier molecular flexibility index (Phi) is 5.01. The predicted molar refractivity (Wildman–Crippen MR) is 108 cm³/mol. The largest absolute Gasteiger partial charge is 0.388 e. The van der Waals surface area contributed by atoms with E-state index in [1.54, 1.807) is 6.20 Å². The van der Waals surface area contributed by atoms with Crippen LogP contribution in [0.3, 0.4) is 0 Å². The Bertz CT molecular complexity index is 867. The van der Waals surface area contributed by atoms with Crippen LogP contribution in [0.15, 0.2) is 28.9 Å². The Morgan fingerprint density at radius 1 is 1.26 bits per heavy atom. The van der Waals surface area contributed by atoms with Gasteiger partial charge in [-0.3, -0.25) is 4.79 Å². The van der Waals surface area contributed by atoms with Crippen LogP contribution < -0.4 is 16.0 Å². The van der Waals surface area contributed by atoms with E-state index in [0.717, 1.165) is 47.1 Å². The van der Waals surface area contributed by atoms with Gasteiger partial charge >= 0.3 is 0 Å². The summed E-state index contributed by atoms with van der Waals surface area (Å²) in [6.45, 7) is 0.467. The first-order valence-corrected chi connectivity index (χ1v) is 9.99. The first-order chi connectivity index (χ1) is 13.0. The van der Waals surface area contributed by atoms with Gasteiger partial charge in [-0.25, -0.2) is 4.98 Å². The lowest BCUT2D eigenvalue weighted by atomic mass is 9.85. The van der Waals surface area contributed by atoms with Gasteiger partial charge in [0.05, 0.1) is 16.5 Å². The van der Waals surface area contributed by atoms with Gasteiger partial charge in [-0.15, -0.1) is 0 Å². The number of nitrogens with one attached hydrogen (secondary N) is 3. The molecule has 1 aliphatic heterocycles. The highest BCUT2D eigenvalue weighted by atomic mass is 79.9. The molecule has 1 aromatic heterocycles. The van der Waals surface area contributed by atoms with E-state index in [1.165, 1.54) is 6.42 Å². The molecule has 0 bridgehead atoms. The molecule has 0 spiro atoms. The van der Waals surface area contributed by atoms with Gasteiger partial charge in [-0.05, 0) is 52.5 Å². The number of carbonyl (C=O) groups excluding carboxylic acids is 1. The Morgan fingerprint density at radius 2 is 2.07 bits per heavy atom. The monoisotopic (exact) mass is 431 g/mol. The Morgan fingerprint density at radius 3 is 2.89 bits per heavy atom. The Labute approximate surface area is 166 Å². The quantitative estimate of drug-likeness (QED) is 0.577. The van der Waals surface area contributed by atoms with Crippen LogP contribution in [-0.2, 0) is 11.2 Å². The molecule has 2 heterocycles. The highest BCUT2D eigenvalue weighted by Gasteiger charge is 2.29. The fraction of sp³-hybridized carbons (Fsp3) is 0.421. The lowest BCUT2D eigenvalue weighted by Crippen LogP contribution is -2.39. The number of amides is 1. The molecule has 4 N–H and O–H groups in total. The van der Waals surface area contributed by atoms with E-state index in [2.05, 4.69) is 41.8 Å². The number of hydrogen-bond donors (Lipinski definition) is 4. The van der Waals surface area contributed by atoms with E-state index in [4.69, 9.17) is 0 Å². The van der Waals surface area contributed by atoms with Crippen molar-refractivity contribution in [1.82, 2.24) is 9.97 Å². The zero-order valence-electron chi connectivity index (χ0n) is 14.9. The summed E-state index contributed by atoms with van der Waals surface area (Å²) in [7, 11) is 0. The van der Waals surface area contributed by atoms with Crippen molar-refractivity contribution in [2.45, 2.75) is 44.1 Å². The molecule has 0 unspecified atom stereocenters. The standard InChI is InChI=1S/C19H22BrN5O2/c20-14-10-21-18(23-13-4-5-15-12(8-13)9-16(26)24-15)25-17(14)22-11-19(27)6-2-1-3-7-19/h4-5,8,10,27H,1-3,6-7,9,11H2,(H,24,26)(H2,21,22,23,25). The van der Waals surface area contributed by atoms with Crippen molar-refractivity contribution in [1.29, 1.82) is 0 Å². The minimum absolute atomic E-state index is 0.00849. The number of anilines is 4. The van der Waals surface area contributed by atoms with E-state index in [1.807, 2.05) is 18.2 Å². The van der Waals surface area contributed by atoms with Crippen LogP contribution in [0.2, 0.25) is 0 Å². The average Bonchev–Trinajstić information content (AvgIpc) is 3.02. The zero-order valence-corrected chi connectivity index (χ0v) is 16.5. The molecule has 0 atom stereocenters. The smallest absolute Gasteiger partial charge is 0.229 e. The summed E-state index contributed by atoms with van der Waals surface area (Å²) < 4.78 is 0.746. The Hall–Kier alpha value is -2.19. The fourth-order valence-corrected chi connectivity index (χ4v) is 3.95. The fourth-order valence-electron chi connectivity index (χ4n) is 3.62. The molecular weight excluding hydrogens is 410 g/mol. The molecule has 2 aliphatic rings. The summed E-state index contributed by atoms with van der Waals surface area (Å²) in [5.41, 5.74) is 1.96. The molecule has 27 heavy (non-hydrogen) atoms. The number of aromatic nitrogens is 2.